The maximum Gasteiger partial charge on any atom is 0.416 e. The topological polar surface area (TPSA) is 42.4 Å². The first-order chi connectivity index (χ1) is 16.6. The van der Waals surface area contributed by atoms with Crippen molar-refractivity contribution in [1.29, 1.82) is 0 Å². The number of rotatable bonds is 10. The molecule has 2 aromatic carbocycles. The molecule has 1 unspecified atom stereocenters. The standard InChI is InChI=1S/C29H32F3NO2/c1-5-6-10-27(35-28-19(2)17-22(18-20(28)3)12-11-21(4)34)26-9-7-8-25(33-26)23-13-15-24(16-14-23)29(30,31)32/h7-9,13-18,27,34H,4-6,10-12H2,1-3H3. The van der Waals surface area contributed by atoms with E-state index >= 15 is 0 Å². The summed E-state index contributed by atoms with van der Waals surface area (Å²) in [6, 6.07) is 14.7. The summed E-state index contributed by atoms with van der Waals surface area (Å²) in [7, 11) is 0. The average molecular weight is 484 g/mol. The molecule has 3 nitrogen and oxygen atoms in total. The molecule has 0 saturated heterocycles. The molecule has 3 aromatic rings. The average Bonchev–Trinajstić information content (AvgIpc) is 2.81. The Balaban J connectivity index is 1.88. The summed E-state index contributed by atoms with van der Waals surface area (Å²) in [6.07, 6.45) is -0.724. The number of aryl methyl sites for hydroxylation is 3. The number of aliphatic hydroxyl groups excluding tert-OH is 1. The lowest BCUT2D eigenvalue weighted by Crippen LogP contribution is -2.12. The second-order valence-electron chi connectivity index (χ2n) is 8.90. The summed E-state index contributed by atoms with van der Waals surface area (Å²) < 4.78 is 45.3. The molecule has 0 spiro atoms. The van der Waals surface area contributed by atoms with Gasteiger partial charge in [-0.3, -0.25) is 0 Å². The molecule has 1 N–H and O–H groups in total. The van der Waals surface area contributed by atoms with Crippen molar-refractivity contribution in [2.45, 2.75) is 65.2 Å². The molecule has 0 bridgehead atoms. The Kier molecular flexibility index (Phi) is 8.60. The highest BCUT2D eigenvalue weighted by atomic mass is 19.4. The monoisotopic (exact) mass is 483 g/mol. The molecule has 0 saturated carbocycles. The van der Waals surface area contributed by atoms with Gasteiger partial charge in [0.05, 0.1) is 22.7 Å². The van der Waals surface area contributed by atoms with Gasteiger partial charge in [-0.2, -0.15) is 13.2 Å². The zero-order valence-corrected chi connectivity index (χ0v) is 20.5. The van der Waals surface area contributed by atoms with Gasteiger partial charge in [-0.05, 0) is 74.1 Å². The highest BCUT2D eigenvalue weighted by molar-refractivity contribution is 5.59. The molecule has 0 amide bonds. The van der Waals surface area contributed by atoms with E-state index in [0.717, 1.165) is 59.5 Å². The largest absolute Gasteiger partial charge is 0.513 e. The van der Waals surface area contributed by atoms with Crippen molar-refractivity contribution in [3.63, 3.8) is 0 Å². The fourth-order valence-corrected chi connectivity index (χ4v) is 4.08. The Morgan fingerprint density at radius 1 is 1.06 bits per heavy atom. The number of hydrogen-bond acceptors (Lipinski definition) is 3. The molecule has 0 aliphatic carbocycles. The lowest BCUT2D eigenvalue weighted by atomic mass is 10.0. The third-order valence-electron chi connectivity index (χ3n) is 5.91. The van der Waals surface area contributed by atoms with Gasteiger partial charge in [-0.25, -0.2) is 4.98 Å². The lowest BCUT2D eigenvalue weighted by molar-refractivity contribution is -0.137. The van der Waals surface area contributed by atoms with Crippen LogP contribution in [-0.2, 0) is 12.6 Å². The zero-order chi connectivity index (χ0) is 25.6. The lowest BCUT2D eigenvalue weighted by Gasteiger charge is -2.22. The molecule has 1 aromatic heterocycles. The number of aromatic nitrogens is 1. The highest BCUT2D eigenvalue weighted by Crippen LogP contribution is 2.34. The van der Waals surface area contributed by atoms with Gasteiger partial charge in [-0.15, -0.1) is 0 Å². The van der Waals surface area contributed by atoms with Gasteiger partial charge in [0, 0.05) is 12.0 Å². The predicted molar refractivity (Wildman–Crippen MR) is 134 cm³/mol. The number of hydrogen-bond donors (Lipinski definition) is 1. The van der Waals surface area contributed by atoms with E-state index in [1.165, 1.54) is 12.1 Å². The quantitative estimate of drug-likeness (QED) is 0.293. The van der Waals surface area contributed by atoms with Crippen molar-refractivity contribution in [3.05, 3.63) is 94.9 Å². The summed E-state index contributed by atoms with van der Waals surface area (Å²) in [5, 5.41) is 9.41. The second kappa shape index (κ2) is 11.4. The summed E-state index contributed by atoms with van der Waals surface area (Å²) >= 11 is 0. The van der Waals surface area contributed by atoms with Crippen LogP contribution in [0.5, 0.6) is 5.75 Å². The smallest absolute Gasteiger partial charge is 0.416 e. The molecule has 0 radical (unpaired) electrons. The zero-order valence-electron chi connectivity index (χ0n) is 20.5. The van der Waals surface area contributed by atoms with Crippen molar-refractivity contribution >= 4 is 0 Å². The van der Waals surface area contributed by atoms with Gasteiger partial charge in [0.1, 0.15) is 11.9 Å². The number of benzene rings is 2. The Labute approximate surface area is 205 Å². The molecule has 186 valence electrons. The van der Waals surface area contributed by atoms with Gasteiger partial charge in [-0.1, -0.05) is 50.3 Å². The molecule has 0 aliphatic heterocycles. The van der Waals surface area contributed by atoms with Crippen molar-refractivity contribution in [2.24, 2.45) is 0 Å². The van der Waals surface area contributed by atoms with Crippen LogP contribution in [0.1, 0.15) is 66.7 Å². The molecular formula is C29H32F3NO2. The van der Waals surface area contributed by atoms with Gasteiger partial charge in [0.15, 0.2) is 0 Å². The SMILES string of the molecule is C=C(O)CCc1cc(C)c(OC(CCCC)c2cccc(-c3ccc(C(F)(F)F)cc3)n2)c(C)c1. The van der Waals surface area contributed by atoms with Crippen LogP contribution in [0, 0.1) is 13.8 Å². The van der Waals surface area contributed by atoms with Crippen molar-refractivity contribution in [3.8, 4) is 17.0 Å². The van der Waals surface area contributed by atoms with Gasteiger partial charge >= 0.3 is 6.18 Å². The first kappa shape index (κ1) is 26.3. The van der Waals surface area contributed by atoms with Crippen molar-refractivity contribution < 1.29 is 23.0 Å². The van der Waals surface area contributed by atoms with E-state index in [9.17, 15) is 18.3 Å². The number of nitrogens with zero attached hydrogens (tertiary/aromatic N) is 1. The van der Waals surface area contributed by atoms with Crippen LogP contribution in [-0.4, -0.2) is 10.1 Å². The summed E-state index contributed by atoms with van der Waals surface area (Å²) in [6.45, 7) is 9.67. The van der Waals surface area contributed by atoms with E-state index in [4.69, 9.17) is 9.72 Å². The fourth-order valence-electron chi connectivity index (χ4n) is 4.08. The molecule has 0 fully saturated rings. The summed E-state index contributed by atoms with van der Waals surface area (Å²) in [5.74, 6) is 0.971. The van der Waals surface area contributed by atoms with Crippen LogP contribution in [0.15, 0.2) is 66.9 Å². The molecule has 0 aliphatic rings. The first-order valence-corrected chi connectivity index (χ1v) is 11.9. The number of aliphatic hydroxyl groups is 1. The highest BCUT2D eigenvalue weighted by Gasteiger charge is 2.30. The van der Waals surface area contributed by atoms with Gasteiger partial charge < -0.3 is 9.84 Å². The number of allylic oxidation sites excluding steroid dienone is 1. The van der Waals surface area contributed by atoms with Crippen molar-refractivity contribution in [1.82, 2.24) is 4.98 Å². The Hall–Kier alpha value is -3.28. The van der Waals surface area contributed by atoms with Gasteiger partial charge in [0.2, 0.25) is 0 Å². The van der Waals surface area contributed by atoms with E-state index in [2.05, 4.69) is 25.6 Å². The maximum atomic E-state index is 12.9. The third kappa shape index (κ3) is 7.10. The molecular weight excluding hydrogens is 451 g/mol. The van der Waals surface area contributed by atoms with Crippen molar-refractivity contribution in [2.75, 3.05) is 0 Å². The van der Waals surface area contributed by atoms with E-state index in [1.807, 2.05) is 26.0 Å². The number of halogens is 3. The van der Waals surface area contributed by atoms with Gasteiger partial charge in [0.25, 0.3) is 0 Å². The first-order valence-electron chi connectivity index (χ1n) is 11.9. The predicted octanol–water partition coefficient (Wildman–Crippen LogP) is 8.70. The normalized spacial score (nSPS) is 12.4. The molecule has 35 heavy (non-hydrogen) atoms. The van der Waals surface area contributed by atoms with E-state index in [-0.39, 0.29) is 11.9 Å². The van der Waals surface area contributed by atoms with Crippen LogP contribution < -0.4 is 4.74 Å². The third-order valence-corrected chi connectivity index (χ3v) is 5.91. The van der Waals surface area contributed by atoms with Crippen LogP contribution in [0.4, 0.5) is 13.2 Å². The number of ether oxygens (including phenoxy) is 1. The number of pyridine rings is 1. The minimum Gasteiger partial charge on any atom is -0.513 e. The summed E-state index contributed by atoms with van der Waals surface area (Å²) in [4.78, 5) is 4.77. The molecule has 1 heterocycles. The number of alkyl halides is 3. The summed E-state index contributed by atoms with van der Waals surface area (Å²) in [5.41, 5.74) is 4.41. The Bertz CT molecular complexity index is 1130. The van der Waals surface area contributed by atoms with Crippen LogP contribution in [0.2, 0.25) is 0 Å². The molecule has 1 atom stereocenters. The number of unbranched alkanes of at least 4 members (excludes halogenated alkanes) is 1. The Morgan fingerprint density at radius 3 is 2.29 bits per heavy atom. The van der Waals surface area contributed by atoms with E-state index in [1.54, 1.807) is 6.07 Å². The molecule has 3 rings (SSSR count). The minimum atomic E-state index is -4.37. The second-order valence-corrected chi connectivity index (χ2v) is 8.90. The van der Waals surface area contributed by atoms with Crippen LogP contribution in [0.25, 0.3) is 11.3 Å². The van der Waals surface area contributed by atoms with E-state index < -0.39 is 11.7 Å². The van der Waals surface area contributed by atoms with E-state index in [0.29, 0.717) is 24.1 Å². The Morgan fingerprint density at radius 2 is 1.71 bits per heavy atom. The molecule has 6 heteroatoms. The minimum absolute atomic E-state index is 0.166. The fraction of sp³-hybridized carbons (Fsp3) is 0.345. The van der Waals surface area contributed by atoms with Crippen LogP contribution >= 0.6 is 0 Å². The van der Waals surface area contributed by atoms with Crippen LogP contribution in [0.3, 0.4) is 0 Å². The maximum absolute atomic E-state index is 12.9.